The number of nitrogens with two attached hydrogens (primary N) is 1. The summed E-state index contributed by atoms with van der Waals surface area (Å²) >= 11 is 0. The lowest BCUT2D eigenvalue weighted by Gasteiger charge is -2.36. The summed E-state index contributed by atoms with van der Waals surface area (Å²) < 4.78 is 0. The molecule has 2 aliphatic rings. The van der Waals surface area contributed by atoms with Crippen LogP contribution in [0.2, 0.25) is 0 Å². The minimum absolute atomic E-state index is 0.640. The fourth-order valence-electron chi connectivity index (χ4n) is 3.97. The van der Waals surface area contributed by atoms with Crippen molar-refractivity contribution in [3.8, 4) is 0 Å². The Morgan fingerprint density at radius 2 is 1.80 bits per heavy atom. The molecule has 1 saturated heterocycles. The smallest absolute Gasteiger partial charge is 0.0112 e. The highest BCUT2D eigenvalue weighted by Crippen LogP contribution is 2.29. The van der Waals surface area contributed by atoms with Crippen LogP contribution >= 0.6 is 0 Å². The van der Waals surface area contributed by atoms with Gasteiger partial charge in [0.15, 0.2) is 0 Å². The predicted octanol–water partition coefficient (Wildman–Crippen LogP) is 2.56. The van der Waals surface area contributed by atoms with Crippen molar-refractivity contribution in [1.82, 2.24) is 9.80 Å². The summed E-state index contributed by atoms with van der Waals surface area (Å²) in [5.74, 6) is 1.65. The fourth-order valence-corrected chi connectivity index (χ4v) is 3.97. The summed E-state index contributed by atoms with van der Waals surface area (Å²) in [6.45, 7) is 11.7. The second kappa shape index (κ2) is 8.35. The fraction of sp³-hybridized carbons (Fsp3) is 1.00. The molecule has 1 aliphatic heterocycles. The van der Waals surface area contributed by atoms with Gasteiger partial charge in [-0.15, -0.1) is 0 Å². The van der Waals surface area contributed by atoms with E-state index in [9.17, 15) is 0 Å². The van der Waals surface area contributed by atoms with Crippen LogP contribution in [-0.2, 0) is 0 Å². The molecule has 0 aromatic rings. The minimum Gasteiger partial charge on any atom is -0.330 e. The Labute approximate surface area is 125 Å². The number of rotatable bonds is 5. The van der Waals surface area contributed by atoms with Gasteiger partial charge in [-0.25, -0.2) is 0 Å². The van der Waals surface area contributed by atoms with Gasteiger partial charge in [0.25, 0.3) is 0 Å². The lowest BCUT2D eigenvalue weighted by Crippen LogP contribution is -2.41. The van der Waals surface area contributed by atoms with E-state index in [1.54, 1.807) is 0 Å². The summed E-state index contributed by atoms with van der Waals surface area (Å²) in [7, 11) is 0. The molecule has 2 fully saturated rings. The monoisotopic (exact) mass is 281 g/mol. The van der Waals surface area contributed by atoms with Crippen molar-refractivity contribution in [3.63, 3.8) is 0 Å². The van der Waals surface area contributed by atoms with Gasteiger partial charge >= 0.3 is 0 Å². The lowest BCUT2D eigenvalue weighted by atomic mass is 9.84. The summed E-state index contributed by atoms with van der Waals surface area (Å²) in [5, 5.41) is 0. The molecule has 3 nitrogen and oxygen atoms in total. The topological polar surface area (TPSA) is 32.5 Å². The molecule has 1 unspecified atom stereocenters. The molecule has 1 saturated carbocycles. The summed E-state index contributed by atoms with van der Waals surface area (Å²) in [6, 6.07) is 0.879. The van der Waals surface area contributed by atoms with E-state index in [1.807, 2.05) is 0 Å². The van der Waals surface area contributed by atoms with Crippen LogP contribution in [0.5, 0.6) is 0 Å². The van der Waals surface area contributed by atoms with Gasteiger partial charge in [-0.05, 0) is 63.6 Å². The van der Waals surface area contributed by atoms with Crippen LogP contribution in [-0.4, -0.2) is 55.1 Å². The normalized spacial score (nSPS) is 31.9. The van der Waals surface area contributed by atoms with Crippen molar-refractivity contribution in [3.05, 3.63) is 0 Å². The SMILES string of the molecule is CCC1CCC(N2CCCN(CC(C)CN)CC2)CC1. The molecule has 1 heterocycles. The van der Waals surface area contributed by atoms with Crippen LogP contribution in [0, 0.1) is 11.8 Å². The molecule has 1 aliphatic carbocycles. The Hall–Kier alpha value is -0.120. The van der Waals surface area contributed by atoms with Crippen molar-refractivity contribution >= 4 is 0 Å². The first-order valence-electron chi connectivity index (χ1n) is 8.89. The third kappa shape index (κ3) is 4.71. The van der Waals surface area contributed by atoms with E-state index in [0.29, 0.717) is 5.92 Å². The average molecular weight is 281 g/mol. The van der Waals surface area contributed by atoms with Gasteiger partial charge in [-0.1, -0.05) is 20.3 Å². The first-order chi connectivity index (χ1) is 9.72. The molecule has 118 valence electrons. The molecule has 0 aromatic carbocycles. The average Bonchev–Trinajstić information content (AvgIpc) is 2.73. The zero-order valence-corrected chi connectivity index (χ0v) is 13.7. The van der Waals surface area contributed by atoms with Crippen molar-refractivity contribution in [2.45, 2.75) is 58.4 Å². The maximum Gasteiger partial charge on any atom is 0.0112 e. The number of hydrogen-bond donors (Lipinski definition) is 1. The molecular formula is C17H35N3. The Kier molecular flexibility index (Phi) is 6.79. The van der Waals surface area contributed by atoms with Gasteiger partial charge < -0.3 is 10.6 Å². The highest BCUT2D eigenvalue weighted by atomic mass is 15.2. The van der Waals surface area contributed by atoms with Gasteiger partial charge in [0, 0.05) is 25.7 Å². The molecule has 0 spiro atoms. The highest BCUT2D eigenvalue weighted by Gasteiger charge is 2.26. The first-order valence-corrected chi connectivity index (χ1v) is 8.89. The van der Waals surface area contributed by atoms with E-state index in [-0.39, 0.29) is 0 Å². The van der Waals surface area contributed by atoms with E-state index in [0.717, 1.165) is 18.5 Å². The maximum absolute atomic E-state index is 5.76. The first kappa shape index (κ1) is 16.3. The highest BCUT2D eigenvalue weighted by molar-refractivity contribution is 4.82. The molecule has 0 bridgehead atoms. The molecular weight excluding hydrogens is 246 g/mol. The molecule has 0 aromatic heterocycles. The molecule has 0 radical (unpaired) electrons. The van der Waals surface area contributed by atoms with Crippen LogP contribution in [0.3, 0.4) is 0 Å². The molecule has 20 heavy (non-hydrogen) atoms. The van der Waals surface area contributed by atoms with Gasteiger partial charge in [0.1, 0.15) is 0 Å². The largest absolute Gasteiger partial charge is 0.330 e. The number of nitrogens with zero attached hydrogens (tertiary/aromatic N) is 2. The van der Waals surface area contributed by atoms with Crippen LogP contribution in [0.4, 0.5) is 0 Å². The van der Waals surface area contributed by atoms with E-state index >= 15 is 0 Å². The van der Waals surface area contributed by atoms with Gasteiger partial charge in [-0.3, -0.25) is 4.90 Å². The second-order valence-corrected chi connectivity index (χ2v) is 7.11. The molecule has 0 amide bonds. The van der Waals surface area contributed by atoms with Gasteiger partial charge in [-0.2, -0.15) is 0 Å². The van der Waals surface area contributed by atoms with Crippen LogP contribution in [0.1, 0.15) is 52.4 Å². The van der Waals surface area contributed by atoms with Crippen molar-refractivity contribution < 1.29 is 0 Å². The molecule has 2 rings (SSSR count). The van der Waals surface area contributed by atoms with Gasteiger partial charge in [0.05, 0.1) is 0 Å². The van der Waals surface area contributed by atoms with Crippen molar-refractivity contribution in [2.75, 3.05) is 39.3 Å². The van der Waals surface area contributed by atoms with Gasteiger partial charge in [0.2, 0.25) is 0 Å². The Morgan fingerprint density at radius 3 is 2.45 bits per heavy atom. The van der Waals surface area contributed by atoms with Crippen molar-refractivity contribution in [1.29, 1.82) is 0 Å². The van der Waals surface area contributed by atoms with E-state index < -0.39 is 0 Å². The van der Waals surface area contributed by atoms with Crippen LogP contribution in [0.15, 0.2) is 0 Å². The summed E-state index contributed by atoms with van der Waals surface area (Å²) in [4.78, 5) is 5.42. The maximum atomic E-state index is 5.76. The van der Waals surface area contributed by atoms with Crippen molar-refractivity contribution in [2.24, 2.45) is 17.6 Å². The Bertz CT molecular complexity index is 261. The van der Waals surface area contributed by atoms with Crippen LogP contribution in [0.25, 0.3) is 0 Å². The Morgan fingerprint density at radius 1 is 1.05 bits per heavy atom. The lowest BCUT2D eigenvalue weighted by molar-refractivity contribution is 0.137. The number of hydrogen-bond acceptors (Lipinski definition) is 3. The molecule has 2 N–H and O–H groups in total. The minimum atomic E-state index is 0.640. The second-order valence-electron chi connectivity index (χ2n) is 7.11. The Balaban J connectivity index is 1.75. The van der Waals surface area contributed by atoms with E-state index in [2.05, 4.69) is 23.6 Å². The summed E-state index contributed by atoms with van der Waals surface area (Å²) in [6.07, 6.45) is 8.54. The zero-order chi connectivity index (χ0) is 14.4. The van der Waals surface area contributed by atoms with Crippen LogP contribution < -0.4 is 5.73 Å². The standard InChI is InChI=1S/C17H35N3/c1-3-16-5-7-17(8-6-16)20-10-4-9-19(11-12-20)14-15(2)13-18/h15-17H,3-14,18H2,1-2H3. The zero-order valence-electron chi connectivity index (χ0n) is 13.7. The van der Waals surface area contributed by atoms with E-state index in [4.69, 9.17) is 5.73 Å². The molecule has 1 atom stereocenters. The summed E-state index contributed by atoms with van der Waals surface area (Å²) in [5.41, 5.74) is 5.76. The third-order valence-electron chi connectivity index (χ3n) is 5.51. The van der Waals surface area contributed by atoms with E-state index in [1.165, 1.54) is 71.2 Å². The predicted molar refractivity (Wildman–Crippen MR) is 86.9 cm³/mol. The third-order valence-corrected chi connectivity index (χ3v) is 5.51. The molecule has 3 heteroatoms. The quantitative estimate of drug-likeness (QED) is 0.840.